The summed E-state index contributed by atoms with van der Waals surface area (Å²) in [6.07, 6.45) is 2.95. The topological polar surface area (TPSA) is 51.0 Å². The van der Waals surface area contributed by atoms with Crippen LogP contribution in [-0.2, 0) is 0 Å². The minimum absolute atomic E-state index is 0.0870. The molecule has 6 heteroatoms. The van der Waals surface area contributed by atoms with Crippen LogP contribution in [0.1, 0.15) is 28.2 Å². The summed E-state index contributed by atoms with van der Waals surface area (Å²) in [5.41, 5.74) is 4.44. The van der Waals surface area contributed by atoms with Gasteiger partial charge in [0.05, 0.1) is 11.4 Å². The summed E-state index contributed by atoms with van der Waals surface area (Å²) in [5.74, 6) is -0.0870. The van der Waals surface area contributed by atoms with E-state index in [9.17, 15) is 4.79 Å². The largest absolute Gasteiger partial charge is 0.333 e. The maximum atomic E-state index is 12.9. The second-order valence-electron chi connectivity index (χ2n) is 6.51. The molecule has 0 radical (unpaired) electrons. The van der Waals surface area contributed by atoms with Gasteiger partial charge in [0.25, 0.3) is 5.91 Å². The van der Waals surface area contributed by atoms with E-state index in [0.29, 0.717) is 23.8 Å². The van der Waals surface area contributed by atoms with E-state index < -0.39 is 0 Å². The second kappa shape index (κ2) is 7.37. The number of hydrogen-bond donors (Lipinski definition) is 0. The van der Waals surface area contributed by atoms with Crippen molar-refractivity contribution in [1.29, 1.82) is 0 Å². The van der Waals surface area contributed by atoms with Crippen LogP contribution in [0.15, 0.2) is 60.7 Å². The van der Waals surface area contributed by atoms with Crippen molar-refractivity contribution in [3.8, 4) is 5.69 Å². The van der Waals surface area contributed by atoms with E-state index >= 15 is 0 Å². The van der Waals surface area contributed by atoms with Crippen LogP contribution in [0.25, 0.3) is 11.3 Å². The Morgan fingerprint density at radius 3 is 2.48 bits per heavy atom. The molecule has 4 rings (SSSR count). The molecule has 1 aliphatic rings. The Balaban J connectivity index is 1.53. The molecule has 2 heterocycles. The molecule has 2 aromatic carbocycles. The van der Waals surface area contributed by atoms with Crippen molar-refractivity contribution in [2.45, 2.75) is 13.3 Å². The minimum Gasteiger partial charge on any atom is -0.333 e. The highest BCUT2D eigenvalue weighted by Gasteiger charge is 2.24. The molecule has 0 atom stereocenters. The predicted octanol–water partition coefficient (Wildman–Crippen LogP) is 4.16. The first-order chi connectivity index (χ1) is 13.1. The summed E-state index contributed by atoms with van der Waals surface area (Å²) >= 11 is 5.94. The Bertz CT molecular complexity index is 993. The van der Waals surface area contributed by atoms with Gasteiger partial charge >= 0.3 is 0 Å². The maximum absolute atomic E-state index is 12.9. The van der Waals surface area contributed by atoms with Crippen molar-refractivity contribution in [2.24, 2.45) is 0 Å². The molecule has 0 N–H and O–H groups in total. The third-order valence-electron chi connectivity index (χ3n) is 4.81. The fourth-order valence-electron chi connectivity index (χ4n) is 3.27. The number of halogens is 1. The summed E-state index contributed by atoms with van der Waals surface area (Å²) < 4.78 is 1.67. The number of benzene rings is 2. The van der Waals surface area contributed by atoms with Crippen LogP contribution in [-0.4, -0.2) is 38.9 Å². The average Bonchev–Trinajstić information content (AvgIpc) is 3.10. The van der Waals surface area contributed by atoms with Crippen LogP contribution in [0.2, 0.25) is 5.02 Å². The van der Waals surface area contributed by atoms with Gasteiger partial charge in [0.2, 0.25) is 0 Å². The summed E-state index contributed by atoms with van der Waals surface area (Å²) in [5, 5.41) is 8.94. The van der Waals surface area contributed by atoms with Crippen LogP contribution >= 0.6 is 11.6 Å². The normalized spacial score (nSPS) is 14.1. The number of carbonyl (C=O) groups excluding carboxylic acids is 1. The summed E-state index contributed by atoms with van der Waals surface area (Å²) in [6, 6.07) is 17.6. The van der Waals surface area contributed by atoms with E-state index in [1.54, 1.807) is 16.8 Å². The number of rotatable bonds is 3. The lowest BCUT2D eigenvalue weighted by atomic mass is 9.99. The van der Waals surface area contributed by atoms with Gasteiger partial charge in [-0.2, -0.15) is 0 Å². The Kier molecular flexibility index (Phi) is 4.77. The van der Waals surface area contributed by atoms with E-state index in [0.717, 1.165) is 17.8 Å². The van der Waals surface area contributed by atoms with Crippen molar-refractivity contribution in [2.75, 3.05) is 13.1 Å². The molecule has 136 valence electrons. The number of aromatic nitrogens is 3. The predicted molar refractivity (Wildman–Crippen MR) is 106 cm³/mol. The SMILES string of the molecule is Cc1c(C(=O)N2CC=C(c3ccccc3)CC2)nnn1-c1ccc(Cl)cc1. The van der Waals surface area contributed by atoms with Crippen molar-refractivity contribution >= 4 is 23.1 Å². The fourth-order valence-corrected chi connectivity index (χ4v) is 3.40. The van der Waals surface area contributed by atoms with E-state index in [4.69, 9.17) is 11.6 Å². The van der Waals surface area contributed by atoms with E-state index in [2.05, 4.69) is 28.5 Å². The number of amides is 1. The van der Waals surface area contributed by atoms with Gasteiger partial charge in [0.15, 0.2) is 5.69 Å². The zero-order valence-corrected chi connectivity index (χ0v) is 15.7. The zero-order valence-electron chi connectivity index (χ0n) is 15.0. The smallest absolute Gasteiger partial charge is 0.276 e. The van der Waals surface area contributed by atoms with Crippen molar-refractivity contribution in [3.05, 3.63) is 82.6 Å². The lowest BCUT2D eigenvalue weighted by molar-refractivity contribution is 0.0766. The van der Waals surface area contributed by atoms with E-state index in [1.165, 1.54) is 11.1 Å². The summed E-state index contributed by atoms with van der Waals surface area (Å²) in [4.78, 5) is 14.7. The van der Waals surface area contributed by atoms with Gasteiger partial charge in [-0.1, -0.05) is 53.2 Å². The zero-order chi connectivity index (χ0) is 18.8. The molecule has 0 bridgehead atoms. The highest BCUT2D eigenvalue weighted by Crippen LogP contribution is 2.23. The van der Waals surface area contributed by atoms with Gasteiger partial charge < -0.3 is 4.90 Å². The van der Waals surface area contributed by atoms with Crippen LogP contribution < -0.4 is 0 Å². The van der Waals surface area contributed by atoms with E-state index in [-0.39, 0.29) is 5.91 Å². The van der Waals surface area contributed by atoms with Gasteiger partial charge in [-0.15, -0.1) is 5.10 Å². The molecule has 0 fully saturated rings. The Labute approximate surface area is 162 Å². The van der Waals surface area contributed by atoms with Crippen LogP contribution in [0.5, 0.6) is 0 Å². The summed E-state index contributed by atoms with van der Waals surface area (Å²) in [7, 11) is 0. The molecule has 0 saturated heterocycles. The second-order valence-corrected chi connectivity index (χ2v) is 6.94. The van der Waals surface area contributed by atoms with Gasteiger partial charge in [-0.3, -0.25) is 4.79 Å². The third-order valence-corrected chi connectivity index (χ3v) is 5.06. The van der Waals surface area contributed by atoms with Crippen LogP contribution in [0.4, 0.5) is 0 Å². The molecule has 1 aromatic heterocycles. The standard InChI is InChI=1S/C21H19ClN4O/c1-15-20(23-24-26(15)19-9-7-18(22)8-10-19)21(27)25-13-11-17(12-14-25)16-5-3-2-4-6-16/h2-11H,12-14H2,1H3. The highest BCUT2D eigenvalue weighted by molar-refractivity contribution is 6.30. The molecule has 0 unspecified atom stereocenters. The molecular weight excluding hydrogens is 360 g/mol. The Morgan fingerprint density at radius 2 is 1.81 bits per heavy atom. The minimum atomic E-state index is -0.0870. The quantitative estimate of drug-likeness (QED) is 0.687. The van der Waals surface area contributed by atoms with E-state index in [1.807, 2.05) is 42.2 Å². The fraction of sp³-hybridized carbons (Fsp3) is 0.190. The number of carbonyl (C=O) groups is 1. The van der Waals surface area contributed by atoms with Crippen molar-refractivity contribution in [3.63, 3.8) is 0 Å². The summed E-state index contributed by atoms with van der Waals surface area (Å²) in [6.45, 7) is 3.11. The molecule has 1 aliphatic heterocycles. The first-order valence-electron chi connectivity index (χ1n) is 8.85. The molecule has 3 aromatic rings. The van der Waals surface area contributed by atoms with Crippen molar-refractivity contribution < 1.29 is 4.79 Å². The lowest BCUT2D eigenvalue weighted by Gasteiger charge is -2.26. The number of hydrogen-bond acceptors (Lipinski definition) is 3. The monoisotopic (exact) mass is 378 g/mol. The highest BCUT2D eigenvalue weighted by atomic mass is 35.5. The lowest BCUT2D eigenvalue weighted by Crippen LogP contribution is -2.35. The average molecular weight is 379 g/mol. The van der Waals surface area contributed by atoms with Gasteiger partial charge in [-0.05, 0) is 48.7 Å². The van der Waals surface area contributed by atoms with Crippen molar-refractivity contribution in [1.82, 2.24) is 19.9 Å². The molecule has 27 heavy (non-hydrogen) atoms. The van der Waals surface area contributed by atoms with Crippen LogP contribution in [0, 0.1) is 6.92 Å². The first-order valence-corrected chi connectivity index (χ1v) is 9.23. The Morgan fingerprint density at radius 1 is 1.07 bits per heavy atom. The molecular formula is C21H19ClN4O. The first kappa shape index (κ1) is 17.5. The molecule has 5 nitrogen and oxygen atoms in total. The Hall–Kier alpha value is -2.92. The van der Waals surface area contributed by atoms with Gasteiger partial charge in [-0.25, -0.2) is 4.68 Å². The maximum Gasteiger partial charge on any atom is 0.276 e. The molecule has 0 spiro atoms. The number of nitrogens with zero attached hydrogens (tertiary/aromatic N) is 4. The molecule has 0 saturated carbocycles. The molecule has 0 aliphatic carbocycles. The van der Waals surface area contributed by atoms with Gasteiger partial charge in [0.1, 0.15) is 0 Å². The van der Waals surface area contributed by atoms with Gasteiger partial charge in [0, 0.05) is 18.1 Å². The molecule has 1 amide bonds. The van der Waals surface area contributed by atoms with Crippen LogP contribution in [0.3, 0.4) is 0 Å². The third kappa shape index (κ3) is 3.51.